The molecule has 11 heteroatoms. The minimum absolute atomic E-state index is 0.00245. The molecule has 24 heavy (non-hydrogen) atoms. The van der Waals surface area contributed by atoms with Crippen molar-refractivity contribution in [2.24, 2.45) is 5.92 Å². The van der Waals surface area contributed by atoms with E-state index >= 15 is 0 Å². The Bertz CT molecular complexity index is 768. The Morgan fingerprint density at radius 1 is 1.46 bits per heavy atom. The van der Waals surface area contributed by atoms with Crippen LogP contribution in [0.2, 0.25) is 5.28 Å². The van der Waals surface area contributed by atoms with Crippen molar-refractivity contribution in [1.29, 1.82) is 0 Å². The lowest BCUT2D eigenvalue weighted by Gasteiger charge is -2.18. The first-order chi connectivity index (χ1) is 11.5. The summed E-state index contributed by atoms with van der Waals surface area (Å²) in [4.78, 5) is 24.3. The number of amides is 1. The second-order valence-corrected chi connectivity index (χ2v) is 5.63. The van der Waals surface area contributed by atoms with Crippen molar-refractivity contribution in [3.63, 3.8) is 0 Å². The van der Waals surface area contributed by atoms with Gasteiger partial charge >= 0.3 is 0 Å². The van der Waals surface area contributed by atoms with E-state index in [4.69, 9.17) is 16.3 Å². The maximum Gasteiger partial charge on any atom is 0.228 e. The van der Waals surface area contributed by atoms with E-state index < -0.39 is 36.9 Å². The molecule has 0 saturated carbocycles. The number of aliphatic hydroxyl groups excluding tert-OH is 2. The second-order valence-electron chi connectivity index (χ2n) is 5.29. The van der Waals surface area contributed by atoms with Crippen LogP contribution in [0.3, 0.4) is 0 Å². The average molecular weight is 357 g/mol. The number of nitrogens with zero attached hydrogens (tertiary/aromatic N) is 4. The molecule has 0 radical (unpaired) electrons. The first-order valence-electron chi connectivity index (χ1n) is 7.25. The van der Waals surface area contributed by atoms with Crippen LogP contribution in [-0.4, -0.2) is 68.5 Å². The second kappa shape index (κ2) is 6.48. The van der Waals surface area contributed by atoms with Gasteiger partial charge in [-0.05, 0) is 11.6 Å². The Morgan fingerprint density at radius 3 is 2.83 bits per heavy atom. The zero-order chi connectivity index (χ0) is 17.4. The van der Waals surface area contributed by atoms with Crippen LogP contribution < -0.4 is 10.6 Å². The van der Waals surface area contributed by atoms with Gasteiger partial charge in [-0.2, -0.15) is 9.97 Å². The summed E-state index contributed by atoms with van der Waals surface area (Å²) >= 11 is 5.92. The molecule has 3 heterocycles. The highest BCUT2D eigenvalue weighted by Crippen LogP contribution is 2.36. The topological polar surface area (TPSA) is 134 Å². The zero-order valence-electron chi connectivity index (χ0n) is 13.0. The highest BCUT2D eigenvalue weighted by atomic mass is 35.5. The van der Waals surface area contributed by atoms with Crippen LogP contribution in [0.15, 0.2) is 6.33 Å². The molecular formula is C13H17ClN6O4. The summed E-state index contributed by atoms with van der Waals surface area (Å²) in [6.07, 6.45) is -1.55. The van der Waals surface area contributed by atoms with Crippen molar-refractivity contribution in [1.82, 2.24) is 24.8 Å². The number of nitrogens with one attached hydrogen (secondary N) is 2. The van der Waals surface area contributed by atoms with Crippen LogP contribution in [0.4, 0.5) is 5.82 Å². The van der Waals surface area contributed by atoms with E-state index in [9.17, 15) is 15.0 Å². The third-order valence-electron chi connectivity index (χ3n) is 4.01. The summed E-state index contributed by atoms with van der Waals surface area (Å²) in [5.74, 6) is -0.904. The number of halogens is 1. The molecule has 2 aromatic heterocycles. The van der Waals surface area contributed by atoms with Gasteiger partial charge in [0.25, 0.3) is 0 Å². The molecule has 1 saturated heterocycles. The number of aromatic nitrogens is 4. The molecule has 3 rings (SSSR count). The van der Waals surface area contributed by atoms with Crippen LogP contribution in [0.1, 0.15) is 6.23 Å². The Hall–Kier alpha value is -2.01. The maximum atomic E-state index is 12.0. The van der Waals surface area contributed by atoms with Gasteiger partial charge in [0.2, 0.25) is 11.2 Å². The quantitative estimate of drug-likeness (QED) is 0.519. The Balaban J connectivity index is 2.05. The normalized spacial score (nSPS) is 26.7. The van der Waals surface area contributed by atoms with E-state index in [0.29, 0.717) is 17.0 Å². The fourth-order valence-corrected chi connectivity index (χ4v) is 3.03. The van der Waals surface area contributed by atoms with Gasteiger partial charge < -0.3 is 25.6 Å². The molecule has 2 aromatic rings. The number of rotatable bonds is 4. The minimum atomic E-state index is -1.19. The standard InChI is InChI=1S/C13H17ClN6O4/c1-15-9-7-10(19-13(14)18-9)20(4-17-7)12-8(22)6(11(23)16-2)5(3-21)24-12/h4-6,8,12,21-22H,3H2,1-2H3,(H,16,23)(H,15,18,19)/t5-,6-,8-,12-/m1/s1. The SMILES string of the molecule is CNC(=O)[C@H]1[C@@H](O)[C@H](n2cnc3c(NC)nc(Cl)nc32)O[C@@H]1CO. The van der Waals surface area contributed by atoms with Crippen molar-refractivity contribution in [2.75, 3.05) is 26.0 Å². The monoisotopic (exact) mass is 356 g/mol. The molecule has 1 aliphatic heterocycles. The van der Waals surface area contributed by atoms with Crippen LogP contribution >= 0.6 is 11.6 Å². The van der Waals surface area contributed by atoms with Crippen molar-refractivity contribution in [2.45, 2.75) is 18.4 Å². The Kier molecular flexibility index (Phi) is 4.54. The molecular weight excluding hydrogens is 340 g/mol. The number of ether oxygens (including phenoxy) is 1. The summed E-state index contributed by atoms with van der Waals surface area (Å²) < 4.78 is 7.13. The molecule has 130 valence electrons. The summed E-state index contributed by atoms with van der Waals surface area (Å²) in [6, 6.07) is 0. The predicted octanol–water partition coefficient (Wildman–Crippen LogP) is -0.866. The number of anilines is 1. The molecule has 0 spiro atoms. The Morgan fingerprint density at radius 2 is 2.21 bits per heavy atom. The number of aliphatic hydroxyl groups is 2. The molecule has 1 aliphatic rings. The molecule has 4 N–H and O–H groups in total. The summed E-state index contributed by atoms with van der Waals surface area (Å²) in [5, 5.41) is 25.3. The summed E-state index contributed by atoms with van der Waals surface area (Å²) in [7, 11) is 3.12. The largest absolute Gasteiger partial charge is 0.394 e. The molecule has 0 aromatic carbocycles. The van der Waals surface area contributed by atoms with E-state index in [1.165, 1.54) is 17.9 Å². The predicted molar refractivity (Wildman–Crippen MR) is 84.4 cm³/mol. The molecule has 0 aliphatic carbocycles. The molecule has 0 bridgehead atoms. The molecule has 10 nitrogen and oxygen atoms in total. The molecule has 1 fully saturated rings. The number of imidazole rings is 1. The highest BCUT2D eigenvalue weighted by molar-refractivity contribution is 6.28. The number of fused-ring (bicyclic) bond motifs is 1. The van der Waals surface area contributed by atoms with Crippen LogP contribution in [0.5, 0.6) is 0 Å². The van der Waals surface area contributed by atoms with Gasteiger partial charge in [0, 0.05) is 14.1 Å². The third kappa shape index (κ3) is 2.57. The fraction of sp³-hybridized carbons (Fsp3) is 0.538. The third-order valence-corrected chi connectivity index (χ3v) is 4.18. The van der Waals surface area contributed by atoms with E-state index in [1.54, 1.807) is 7.05 Å². The van der Waals surface area contributed by atoms with Gasteiger partial charge in [0.1, 0.15) is 6.10 Å². The van der Waals surface area contributed by atoms with E-state index in [1.807, 2.05) is 0 Å². The number of hydrogen-bond donors (Lipinski definition) is 4. The highest BCUT2D eigenvalue weighted by Gasteiger charge is 2.48. The first kappa shape index (κ1) is 16.8. The molecule has 0 unspecified atom stereocenters. The average Bonchev–Trinajstić information content (AvgIpc) is 3.13. The first-order valence-corrected chi connectivity index (χ1v) is 7.63. The lowest BCUT2D eigenvalue weighted by Crippen LogP contribution is -2.40. The smallest absolute Gasteiger partial charge is 0.228 e. The van der Waals surface area contributed by atoms with Crippen LogP contribution in [0.25, 0.3) is 11.2 Å². The number of carbonyl (C=O) groups excluding carboxylic acids is 1. The Labute approximate surface area is 141 Å². The van der Waals surface area contributed by atoms with Crippen LogP contribution in [0, 0.1) is 5.92 Å². The maximum absolute atomic E-state index is 12.0. The van der Waals surface area contributed by atoms with Crippen LogP contribution in [-0.2, 0) is 9.53 Å². The van der Waals surface area contributed by atoms with Gasteiger partial charge in [-0.3, -0.25) is 9.36 Å². The van der Waals surface area contributed by atoms with Gasteiger partial charge in [0.15, 0.2) is 23.2 Å². The van der Waals surface area contributed by atoms with Crippen molar-refractivity contribution in [3.05, 3.63) is 11.6 Å². The van der Waals surface area contributed by atoms with Crippen molar-refractivity contribution < 1.29 is 19.7 Å². The fourth-order valence-electron chi connectivity index (χ4n) is 2.87. The summed E-state index contributed by atoms with van der Waals surface area (Å²) in [6.45, 7) is -0.407. The van der Waals surface area contributed by atoms with Gasteiger partial charge in [-0.25, -0.2) is 4.98 Å². The van der Waals surface area contributed by atoms with Crippen molar-refractivity contribution in [3.8, 4) is 0 Å². The van der Waals surface area contributed by atoms with E-state index in [-0.39, 0.29) is 5.28 Å². The van der Waals surface area contributed by atoms with Gasteiger partial charge in [-0.15, -0.1) is 0 Å². The zero-order valence-corrected chi connectivity index (χ0v) is 13.7. The van der Waals surface area contributed by atoms with Gasteiger partial charge in [-0.1, -0.05) is 0 Å². The molecule has 1 amide bonds. The van der Waals surface area contributed by atoms with E-state index in [0.717, 1.165) is 0 Å². The lowest BCUT2D eigenvalue weighted by molar-refractivity contribution is -0.129. The van der Waals surface area contributed by atoms with Gasteiger partial charge in [0.05, 0.1) is 25.0 Å². The summed E-state index contributed by atoms with van der Waals surface area (Å²) in [5.41, 5.74) is 0.791. The molecule has 4 atom stereocenters. The number of hydrogen-bond acceptors (Lipinski definition) is 8. The van der Waals surface area contributed by atoms with E-state index in [2.05, 4.69) is 25.6 Å². The number of carbonyl (C=O) groups is 1. The van der Waals surface area contributed by atoms with Crippen molar-refractivity contribution >= 4 is 34.5 Å². The minimum Gasteiger partial charge on any atom is -0.394 e. The lowest BCUT2D eigenvalue weighted by atomic mass is 9.97.